The van der Waals surface area contributed by atoms with Crippen LogP contribution in [0.15, 0.2) is 54.7 Å². The van der Waals surface area contributed by atoms with Crippen LogP contribution in [-0.4, -0.2) is 48.3 Å². The summed E-state index contributed by atoms with van der Waals surface area (Å²) in [6.45, 7) is 13.3. The Balaban J connectivity index is 1.82. The summed E-state index contributed by atoms with van der Waals surface area (Å²) in [7, 11) is 0. The highest BCUT2D eigenvalue weighted by molar-refractivity contribution is 6.02. The van der Waals surface area contributed by atoms with E-state index in [1.165, 1.54) is 4.90 Å². The highest BCUT2D eigenvalue weighted by Gasteiger charge is 2.40. The summed E-state index contributed by atoms with van der Waals surface area (Å²) in [5, 5.41) is 11.0. The van der Waals surface area contributed by atoms with Gasteiger partial charge >= 0.3 is 6.09 Å². The van der Waals surface area contributed by atoms with Gasteiger partial charge in [-0.2, -0.15) is 0 Å². The second-order valence-electron chi connectivity index (χ2n) is 10.8. The lowest BCUT2D eigenvalue weighted by Crippen LogP contribution is -2.58. The van der Waals surface area contributed by atoms with Crippen LogP contribution in [0.4, 0.5) is 4.79 Å². The van der Waals surface area contributed by atoms with Crippen molar-refractivity contribution in [3.63, 3.8) is 0 Å². The molecule has 0 bridgehead atoms. The van der Waals surface area contributed by atoms with Crippen molar-refractivity contribution in [3.05, 3.63) is 66.1 Å². The maximum Gasteiger partial charge on any atom is 0.408 e. The first-order chi connectivity index (χ1) is 17.5. The molecule has 0 aliphatic rings. The van der Waals surface area contributed by atoms with Crippen molar-refractivity contribution >= 4 is 28.0 Å². The van der Waals surface area contributed by atoms with Gasteiger partial charge in [0.1, 0.15) is 30.3 Å². The molecule has 0 aliphatic heterocycles. The Kier molecular flexibility index (Phi) is 7.41. The summed E-state index contributed by atoms with van der Waals surface area (Å²) in [5.74, 6) is 1.46. The fraction of sp³-hybridized carbons (Fsp3) is 0.414. The minimum atomic E-state index is -0.962. The molecule has 37 heavy (non-hydrogen) atoms. The number of ether oxygens (including phenoxy) is 2. The molecule has 8 nitrogen and oxygen atoms in total. The predicted octanol–water partition coefficient (Wildman–Crippen LogP) is 6.26. The number of imidazole rings is 1. The molecule has 0 saturated carbocycles. The van der Waals surface area contributed by atoms with Gasteiger partial charge in [-0.05, 0) is 65.3 Å². The van der Waals surface area contributed by atoms with Gasteiger partial charge in [0, 0.05) is 24.1 Å². The quantitative estimate of drug-likeness (QED) is 0.289. The number of aromatic nitrogens is 3. The van der Waals surface area contributed by atoms with E-state index in [1.807, 2.05) is 90.1 Å². The summed E-state index contributed by atoms with van der Waals surface area (Å²) < 4.78 is 13.9. The Morgan fingerprint density at radius 1 is 1.03 bits per heavy atom. The molecule has 1 amide bonds. The molecule has 0 radical (unpaired) electrons. The third-order valence-corrected chi connectivity index (χ3v) is 6.32. The molecule has 0 unspecified atom stereocenters. The molecular weight excluding hydrogens is 468 g/mol. The van der Waals surface area contributed by atoms with E-state index in [4.69, 9.17) is 14.5 Å². The SMILES string of the molecule is CCOCc1nc2cnc3ccc(OCc4ccccc4)cc3c2n1CC(C)(C)N(C(=O)O)C(C)(C)C. The zero-order valence-electron chi connectivity index (χ0n) is 22.5. The Labute approximate surface area is 217 Å². The van der Waals surface area contributed by atoms with Crippen molar-refractivity contribution in [1.29, 1.82) is 0 Å². The van der Waals surface area contributed by atoms with Crippen LogP contribution in [0.5, 0.6) is 5.75 Å². The Bertz CT molecular complexity index is 1390. The number of carbonyl (C=O) groups is 1. The summed E-state index contributed by atoms with van der Waals surface area (Å²) in [5.41, 5.74) is 2.19. The number of nitrogens with zero attached hydrogens (tertiary/aromatic N) is 4. The number of rotatable bonds is 9. The van der Waals surface area contributed by atoms with Gasteiger partial charge in [-0.1, -0.05) is 30.3 Å². The van der Waals surface area contributed by atoms with E-state index in [-0.39, 0.29) is 0 Å². The topological polar surface area (TPSA) is 89.7 Å². The van der Waals surface area contributed by atoms with Crippen molar-refractivity contribution in [1.82, 2.24) is 19.4 Å². The molecule has 4 aromatic rings. The van der Waals surface area contributed by atoms with Gasteiger partial charge in [0.25, 0.3) is 0 Å². The Morgan fingerprint density at radius 2 is 1.76 bits per heavy atom. The fourth-order valence-electron chi connectivity index (χ4n) is 5.06. The first-order valence-electron chi connectivity index (χ1n) is 12.6. The van der Waals surface area contributed by atoms with Crippen molar-refractivity contribution in [2.75, 3.05) is 6.61 Å². The van der Waals surface area contributed by atoms with Crippen LogP contribution in [0.2, 0.25) is 0 Å². The average Bonchev–Trinajstić information content (AvgIpc) is 3.17. The van der Waals surface area contributed by atoms with Gasteiger partial charge in [0.15, 0.2) is 0 Å². The molecule has 1 N–H and O–H groups in total. The van der Waals surface area contributed by atoms with Crippen molar-refractivity contribution < 1.29 is 19.4 Å². The predicted molar refractivity (Wildman–Crippen MR) is 145 cm³/mol. The first kappa shape index (κ1) is 26.4. The molecule has 0 saturated heterocycles. The Hall–Kier alpha value is -3.65. The first-order valence-corrected chi connectivity index (χ1v) is 12.6. The molecule has 0 atom stereocenters. The highest BCUT2D eigenvalue weighted by atomic mass is 16.5. The Morgan fingerprint density at radius 3 is 2.41 bits per heavy atom. The van der Waals surface area contributed by atoms with Gasteiger partial charge in [0.05, 0.1) is 22.8 Å². The summed E-state index contributed by atoms with van der Waals surface area (Å²) >= 11 is 0. The fourth-order valence-corrected chi connectivity index (χ4v) is 5.06. The molecule has 196 valence electrons. The molecule has 0 fully saturated rings. The zero-order chi connectivity index (χ0) is 26.8. The van der Waals surface area contributed by atoms with E-state index in [2.05, 4.69) is 9.55 Å². The van der Waals surface area contributed by atoms with E-state index in [0.29, 0.717) is 26.4 Å². The van der Waals surface area contributed by atoms with E-state index in [9.17, 15) is 9.90 Å². The molecular formula is C29H36N4O4. The number of carboxylic acid groups (broad SMARTS) is 1. The number of benzene rings is 2. The average molecular weight is 505 g/mol. The van der Waals surface area contributed by atoms with E-state index in [0.717, 1.165) is 39.1 Å². The lowest BCUT2D eigenvalue weighted by Gasteiger charge is -2.45. The molecule has 8 heteroatoms. The molecule has 4 rings (SSSR count). The number of pyridine rings is 1. The molecule has 2 heterocycles. The standard InChI is InChI=1S/C29H36N4O4/c1-7-36-18-25-31-24-16-30-23-14-13-21(37-17-20-11-9-8-10-12-20)15-22(23)26(24)32(25)19-29(5,6)33(27(34)35)28(2,3)4/h8-16H,7,17-19H2,1-6H3,(H,34,35). The van der Waals surface area contributed by atoms with Crippen molar-refractivity contribution in [2.45, 2.75) is 72.4 Å². The summed E-state index contributed by atoms with van der Waals surface area (Å²) in [6.07, 6.45) is 0.802. The van der Waals surface area contributed by atoms with Crippen LogP contribution in [0, 0.1) is 0 Å². The molecule has 0 spiro atoms. The third kappa shape index (κ3) is 5.69. The van der Waals surface area contributed by atoms with Gasteiger partial charge < -0.3 is 19.1 Å². The van der Waals surface area contributed by atoms with Crippen molar-refractivity contribution in [3.8, 4) is 5.75 Å². The second kappa shape index (κ2) is 10.4. The number of fused-ring (bicyclic) bond motifs is 3. The van der Waals surface area contributed by atoms with Gasteiger partial charge in [0.2, 0.25) is 0 Å². The van der Waals surface area contributed by atoms with E-state index < -0.39 is 17.2 Å². The lowest BCUT2D eigenvalue weighted by atomic mass is 9.94. The minimum absolute atomic E-state index is 0.315. The second-order valence-corrected chi connectivity index (χ2v) is 10.8. The normalized spacial score (nSPS) is 12.3. The summed E-state index contributed by atoms with van der Waals surface area (Å²) in [4.78, 5) is 23.3. The van der Waals surface area contributed by atoms with Crippen LogP contribution in [0.1, 0.15) is 52.9 Å². The van der Waals surface area contributed by atoms with Crippen LogP contribution in [0.25, 0.3) is 21.9 Å². The van der Waals surface area contributed by atoms with Crippen LogP contribution in [0.3, 0.4) is 0 Å². The third-order valence-electron chi connectivity index (χ3n) is 6.32. The highest BCUT2D eigenvalue weighted by Crippen LogP contribution is 2.33. The van der Waals surface area contributed by atoms with E-state index in [1.54, 1.807) is 6.20 Å². The van der Waals surface area contributed by atoms with Gasteiger partial charge in [-0.3, -0.25) is 9.88 Å². The van der Waals surface area contributed by atoms with Crippen molar-refractivity contribution in [2.24, 2.45) is 0 Å². The van der Waals surface area contributed by atoms with E-state index >= 15 is 0 Å². The molecule has 2 aromatic carbocycles. The molecule has 2 aromatic heterocycles. The lowest BCUT2D eigenvalue weighted by molar-refractivity contribution is 0.0241. The maximum atomic E-state index is 12.3. The smallest absolute Gasteiger partial charge is 0.408 e. The minimum Gasteiger partial charge on any atom is -0.489 e. The molecule has 0 aliphatic carbocycles. The number of hydrogen-bond donors (Lipinski definition) is 1. The van der Waals surface area contributed by atoms with Gasteiger partial charge in [-0.15, -0.1) is 0 Å². The maximum absolute atomic E-state index is 12.3. The number of amides is 1. The number of hydrogen-bond acceptors (Lipinski definition) is 5. The van der Waals surface area contributed by atoms with Gasteiger partial charge in [-0.25, -0.2) is 9.78 Å². The summed E-state index contributed by atoms with van der Waals surface area (Å²) in [6, 6.07) is 15.9. The van der Waals surface area contributed by atoms with Crippen LogP contribution < -0.4 is 4.74 Å². The van der Waals surface area contributed by atoms with Crippen LogP contribution in [-0.2, 0) is 24.5 Å². The zero-order valence-corrected chi connectivity index (χ0v) is 22.5. The van der Waals surface area contributed by atoms with Crippen LogP contribution >= 0.6 is 0 Å². The monoisotopic (exact) mass is 504 g/mol. The largest absolute Gasteiger partial charge is 0.489 e.